The second-order valence-electron chi connectivity index (χ2n) is 4.16. The zero-order valence-corrected chi connectivity index (χ0v) is 12.4. The van der Waals surface area contributed by atoms with E-state index in [0.717, 1.165) is 0 Å². The zero-order chi connectivity index (χ0) is 15.1. The Morgan fingerprint density at radius 2 is 2.10 bits per heavy atom. The fourth-order valence-corrected chi connectivity index (χ4v) is 1.87. The quantitative estimate of drug-likeness (QED) is 0.792. The molecule has 0 bridgehead atoms. The van der Waals surface area contributed by atoms with E-state index in [1.165, 1.54) is 12.2 Å². The van der Waals surface area contributed by atoms with Crippen molar-refractivity contribution in [2.75, 3.05) is 6.54 Å². The number of halogens is 2. The maximum absolute atomic E-state index is 11.6. The summed E-state index contributed by atoms with van der Waals surface area (Å²) in [7, 11) is 0. The maximum Gasteiger partial charge on any atom is 0.308 e. The van der Waals surface area contributed by atoms with Crippen molar-refractivity contribution in [1.29, 1.82) is 0 Å². The van der Waals surface area contributed by atoms with Gasteiger partial charge in [0.25, 0.3) is 0 Å². The van der Waals surface area contributed by atoms with E-state index >= 15 is 0 Å². The number of rotatable bonds is 6. The molecule has 0 radical (unpaired) electrons. The first-order valence-corrected chi connectivity index (χ1v) is 6.84. The van der Waals surface area contributed by atoms with Crippen molar-refractivity contribution in [3.05, 3.63) is 39.9 Å². The number of carboxylic acids is 1. The van der Waals surface area contributed by atoms with Crippen LogP contribution in [0.15, 0.2) is 24.3 Å². The molecule has 0 saturated heterocycles. The van der Waals surface area contributed by atoms with Gasteiger partial charge >= 0.3 is 5.97 Å². The van der Waals surface area contributed by atoms with Crippen molar-refractivity contribution < 1.29 is 14.7 Å². The first kappa shape index (κ1) is 16.5. The predicted octanol–water partition coefficient (Wildman–Crippen LogP) is 3.23. The maximum atomic E-state index is 11.6. The van der Waals surface area contributed by atoms with E-state index in [9.17, 15) is 9.59 Å². The van der Waals surface area contributed by atoms with Crippen molar-refractivity contribution in [1.82, 2.24) is 5.32 Å². The molecule has 6 heteroatoms. The molecule has 0 aliphatic carbocycles. The highest BCUT2D eigenvalue weighted by atomic mass is 35.5. The lowest BCUT2D eigenvalue weighted by molar-refractivity contribution is -0.141. The van der Waals surface area contributed by atoms with Crippen molar-refractivity contribution in [3.8, 4) is 0 Å². The third-order valence-electron chi connectivity index (χ3n) is 2.76. The molecule has 108 valence electrons. The Labute approximate surface area is 127 Å². The summed E-state index contributed by atoms with van der Waals surface area (Å²) in [5.74, 6) is -1.88. The van der Waals surface area contributed by atoms with Gasteiger partial charge in [0, 0.05) is 12.6 Å². The molecule has 0 heterocycles. The highest BCUT2D eigenvalue weighted by molar-refractivity contribution is 6.42. The highest BCUT2D eigenvalue weighted by Gasteiger charge is 2.14. The minimum absolute atomic E-state index is 0.0955. The molecule has 0 aromatic heterocycles. The van der Waals surface area contributed by atoms with E-state index in [2.05, 4.69) is 5.32 Å². The van der Waals surface area contributed by atoms with Crippen molar-refractivity contribution in [2.24, 2.45) is 5.92 Å². The number of carbonyl (C=O) groups is 2. The molecule has 20 heavy (non-hydrogen) atoms. The number of nitrogens with one attached hydrogen (secondary N) is 1. The molecule has 1 unspecified atom stereocenters. The Morgan fingerprint density at radius 1 is 1.40 bits per heavy atom. The summed E-state index contributed by atoms with van der Waals surface area (Å²) in [5.41, 5.74) is 0.625. The lowest BCUT2D eigenvalue weighted by atomic mass is 10.1. The topological polar surface area (TPSA) is 66.4 Å². The Bertz CT molecular complexity index is 529. The van der Waals surface area contributed by atoms with Crippen LogP contribution < -0.4 is 5.32 Å². The van der Waals surface area contributed by atoms with Gasteiger partial charge in [0.1, 0.15) is 0 Å². The lowest BCUT2D eigenvalue weighted by Gasteiger charge is -2.09. The molecule has 0 spiro atoms. The van der Waals surface area contributed by atoms with Crippen LogP contribution in [0.4, 0.5) is 0 Å². The van der Waals surface area contributed by atoms with Crippen molar-refractivity contribution in [3.63, 3.8) is 0 Å². The molecule has 1 rings (SSSR count). The van der Waals surface area contributed by atoms with Crippen LogP contribution in [0.5, 0.6) is 0 Å². The molecule has 1 aromatic rings. The minimum Gasteiger partial charge on any atom is -0.481 e. The van der Waals surface area contributed by atoms with Crippen molar-refractivity contribution >= 4 is 41.2 Å². The molecule has 1 aromatic carbocycles. The summed E-state index contributed by atoms with van der Waals surface area (Å²) in [6.45, 7) is 1.85. The van der Waals surface area contributed by atoms with Crippen LogP contribution in [-0.4, -0.2) is 23.5 Å². The summed E-state index contributed by atoms with van der Waals surface area (Å²) in [4.78, 5) is 22.4. The molecular formula is C14H15Cl2NO3. The summed E-state index contributed by atoms with van der Waals surface area (Å²) in [6, 6.07) is 5.10. The number of hydrogen-bond donors (Lipinski definition) is 2. The summed E-state index contributed by atoms with van der Waals surface area (Å²) >= 11 is 11.8. The van der Waals surface area contributed by atoms with Crippen LogP contribution in [-0.2, 0) is 9.59 Å². The van der Waals surface area contributed by atoms with Gasteiger partial charge in [-0.2, -0.15) is 0 Å². The first-order chi connectivity index (χ1) is 9.45. The molecule has 0 aliphatic heterocycles. The van der Waals surface area contributed by atoms with Gasteiger partial charge in [-0.1, -0.05) is 42.3 Å². The average Bonchev–Trinajstić information content (AvgIpc) is 2.40. The van der Waals surface area contributed by atoms with E-state index in [4.69, 9.17) is 28.3 Å². The SMILES string of the molecule is CCC(CNC(=O)C=Cc1cccc(Cl)c1Cl)C(=O)O. The van der Waals surface area contributed by atoms with E-state index in [1.807, 2.05) is 0 Å². The van der Waals surface area contributed by atoms with E-state index in [1.54, 1.807) is 25.1 Å². The summed E-state index contributed by atoms with van der Waals surface area (Å²) in [5, 5.41) is 12.2. The Hall–Kier alpha value is -1.52. The third-order valence-corrected chi connectivity index (χ3v) is 3.59. The zero-order valence-electron chi connectivity index (χ0n) is 10.9. The lowest BCUT2D eigenvalue weighted by Crippen LogP contribution is -2.31. The number of benzene rings is 1. The van der Waals surface area contributed by atoms with Crippen LogP contribution in [0.2, 0.25) is 10.0 Å². The molecule has 2 N–H and O–H groups in total. The fourth-order valence-electron chi connectivity index (χ4n) is 1.50. The third kappa shape index (κ3) is 4.87. The number of carboxylic acid groups (broad SMARTS) is 1. The Balaban J connectivity index is 2.60. The van der Waals surface area contributed by atoms with Crippen LogP contribution in [0.3, 0.4) is 0 Å². The molecule has 0 aliphatic rings. The minimum atomic E-state index is -0.922. The largest absolute Gasteiger partial charge is 0.481 e. The average molecular weight is 316 g/mol. The van der Waals surface area contributed by atoms with E-state index in [0.29, 0.717) is 22.0 Å². The standard InChI is InChI=1S/C14H15Cl2NO3/c1-2-9(14(19)20)8-17-12(18)7-6-10-4-3-5-11(15)13(10)16/h3-7,9H,2,8H2,1H3,(H,17,18)(H,19,20). The van der Waals surface area contributed by atoms with E-state index < -0.39 is 11.9 Å². The molecular weight excluding hydrogens is 301 g/mol. The fraction of sp³-hybridized carbons (Fsp3) is 0.286. The normalized spacial score (nSPS) is 12.3. The number of carbonyl (C=O) groups excluding carboxylic acids is 1. The Morgan fingerprint density at radius 3 is 2.70 bits per heavy atom. The predicted molar refractivity (Wildman–Crippen MR) is 79.9 cm³/mol. The van der Waals surface area contributed by atoms with E-state index in [-0.39, 0.29) is 12.5 Å². The second kappa shape index (κ2) is 7.92. The van der Waals surface area contributed by atoms with Gasteiger partial charge in [-0.15, -0.1) is 0 Å². The van der Waals surface area contributed by atoms with Gasteiger partial charge in [-0.3, -0.25) is 9.59 Å². The number of aliphatic carboxylic acids is 1. The van der Waals surface area contributed by atoms with Gasteiger partial charge < -0.3 is 10.4 Å². The van der Waals surface area contributed by atoms with Crippen LogP contribution >= 0.6 is 23.2 Å². The molecule has 1 amide bonds. The molecule has 4 nitrogen and oxygen atoms in total. The molecule has 0 saturated carbocycles. The van der Waals surface area contributed by atoms with Crippen LogP contribution in [0, 0.1) is 5.92 Å². The van der Waals surface area contributed by atoms with Gasteiger partial charge in [-0.05, 0) is 24.1 Å². The van der Waals surface area contributed by atoms with Crippen molar-refractivity contribution in [2.45, 2.75) is 13.3 Å². The number of amides is 1. The Kier molecular flexibility index (Phi) is 6.55. The van der Waals surface area contributed by atoms with Gasteiger partial charge in [0.05, 0.1) is 16.0 Å². The highest BCUT2D eigenvalue weighted by Crippen LogP contribution is 2.26. The molecule has 1 atom stereocenters. The summed E-state index contributed by atoms with van der Waals surface area (Å²) in [6.07, 6.45) is 3.29. The monoisotopic (exact) mass is 315 g/mol. The van der Waals surface area contributed by atoms with Gasteiger partial charge in [-0.25, -0.2) is 0 Å². The number of hydrogen-bond acceptors (Lipinski definition) is 2. The van der Waals surface area contributed by atoms with Gasteiger partial charge in [0.2, 0.25) is 5.91 Å². The summed E-state index contributed by atoms with van der Waals surface area (Å²) < 4.78 is 0. The second-order valence-corrected chi connectivity index (χ2v) is 4.95. The van der Waals surface area contributed by atoms with Gasteiger partial charge in [0.15, 0.2) is 0 Å². The smallest absolute Gasteiger partial charge is 0.308 e. The van der Waals surface area contributed by atoms with Crippen LogP contribution in [0.25, 0.3) is 6.08 Å². The first-order valence-electron chi connectivity index (χ1n) is 6.08. The molecule has 0 fully saturated rings. The van der Waals surface area contributed by atoms with Crippen LogP contribution in [0.1, 0.15) is 18.9 Å².